The smallest absolute Gasteiger partial charge is 0.253 e. The molecule has 0 atom stereocenters. The zero-order valence-corrected chi connectivity index (χ0v) is 13.8. The molecule has 0 aromatic heterocycles. The summed E-state index contributed by atoms with van der Waals surface area (Å²) >= 11 is 1.37. The Hall–Kier alpha value is -2.02. The van der Waals surface area contributed by atoms with E-state index in [2.05, 4.69) is 0 Å². The number of nitrogens with zero attached hydrogens (tertiary/aromatic N) is 2. The Labute approximate surface area is 140 Å². The highest BCUT2D eigenvalue weighted by Crippen LogP contribution is 2.11. The van der Waals surface area contributed by atoms with Crippen LogP contribution in [0.2, 0.25) is 0 Å². The van der Waals surface area contributed by atoms with Crippen LogP contribution in [0, 0.1) is 0 Å². The predicted molar refractivity (Wildman–Crippen MR) is 90.1 cm³/mol. The largest absolute Gasteiger partial charge is 0.369 e. The quantitative estimate of drug-likeness (QED) is 0.771. The van der Waals surface area contributed by atoms with E-state index in [-0.39, 0.29) is 23.5 Å². The lowest BCUT2D eigenvalue weighted by Gasteiger charge is -2.34. The number of amides is 3. The molecule has 124 valence electrons. The van der Waals surface area contributed by atoms with E-state index in [4.69, 9.17) is 5.73 Å². The third-order valence-corrected chi connectivity index (χ3v) is 4.63. The van der Waals surface area contributed by atoms with Crippen LogP contribution in [0.4, 0.5) is 0 Å². The first-order valence-corrected chi connectivity index (χ1v) is 8.71. The Morgan fingerprint density at radius 2 is 1.61 bits per heavy atom. The van der Waals surface area contributed by atoms with E-state index in [1.54, 1.807) is 21.9 Å². The zero-order chi connectivity index (χ0) is 16.7. The molecule has 7 heteroatoms. The van der Waals surface area contributed by atoms with E-state index < -0.39 is 0 Å². The Morgan fingerprint density at radius 1 is 1.00 bits per heavy atom. The maximum atomic E-state index is 12.3. The number of carbonyl (C=O) groups is 3. The fourth-order valence-electron chi connectivity index (χ4n) is 2.41. The molecule has 0 aliphatic carbocycles. The number of nitrogens with two attached hydrogens (primary N) is 1. The second-order valence-electron chi connectivity index (χ2n) is 5.31. The molecule has 23 heavy (non-hydrogen) atoms. The van der Waals surface area contributed by atoms with Crippen molar-refractivity contribution in [1.82, 2.24) is 9.80 Å². The number of thioether (sulfide) groups is 1. The third-order valence-electron chi connectivity index (χ3n) is 3.64. The van der Waals surface area contributed by atoms with Gasteiger partial charge in [-0.1, -0.05) is 18.2 Å². The van der Waals surface area contributed by atoms with Crippen molar-refractivity contribution in [3.63, 3.8) is 0 Å². The Bertz CT molecular complexity index is 557. The van der Waals surface area contributed by atoms with Crippen molar-refractivity contribution in [3.8, 4) is 0 Å². The summed E-state index contributed by atoms with van der Waals surface area (Å²) in [6.07, 6.45) is 0.393. The van der Waals surface area contributed by atoms with Gasteiger partial charge in [-0.15, -0.1) is 0 Å². The number of rotatable bonds is 6. The van der Waals surface area contributed by atoms with Gasteiger partial charge in [-0.2, -0.15) is 11.8 Å². The Balaban J connectivity index is 1.74. The fraction of sp³-hybridized carbons (Fsp3) is 0.438. The summed E-state index contributed by atoms with van der Waals surface area (Å²) in [4.78, 5) is 38.6. The maximum absolute atomic E-state index is 12.3. The molecule has 0 unspecified atom stereocenters. The second-order valence-corrected chi connectivity index (χ2v) is 6.41. The summed E-state index contributed by atoms with van der Waals surface area (Å²) in [7, 11) is 0. The van der Waals surface area contributed by atoms with Crippen LogP contribution in [-0.2, 0) is 9.59 Å². The van der Waals surface area contributed by atoms with Crippen molar-refractivity contribution in [1.29, 1.82) is 0 Å². The van der Waals surface area contributed by atoms with Gasteiger partial charge in [0.15, 0.2) is 0 Å². The van der Waals surface area contributed by atoms with Crippen molar-refractivity contribution >= 4 is 29.5 Å². The molecule has 0 saturated carbocycles. The van der Waals surface area contributed by atoms with Crippen molar-refractivity contribution in [3.05, 3.63) is 35.9 Å². The molecule has 1 aliphatic heterocycles. The highest BCUT2D eigenvalue weighted by Gasteiger charge is 2.24. The highest BCUT2D eigenvalue weighted by molar-refractivity contribution is 7.99. The van der Waals surface area contributed by atoms with Crippen molar-refractivity contribution in [2.75, 3.05) is 37.7 Å². The molecule has 0 bridgehead atoms. The predicted octanol–water partition coefficient (Wildman–Crippen LogP) is 0.580. The van der Waals surface area contributed by atoms with Gasteiger partial charge in [-0.05, 0) is 12.1 Å². The van der Waals surface area contributed by atoms with Gasteiger partial charge in [0.25, 0.3) is 5.91 Å². The minimum absolute atomic E-state index is 0.00899. The van der Waals surface area contributed by atoms with E-state index in [1.807, 2.05) is 18.2 Å². The summed E-state index contributed by atoms with van der Waals surface area (Å²) < 4.78 is 0. The summed E-state index contributed by atoms with van der Waals surface area (Å²) in [5.74, 6) is 0.538. The van der Waals surface area contributed by atoms with Gasteiger partial charge < -0.3 is 15.5 Å². The molecule has 2 N–H and O–H groups in total. The molecular formula is C16H21N3O3S. The standard InChI is InChI=1S/C16H21N3O3S/c17-14(20)12-23-11-6-15(21)18-7-9-19(10-8-18)16(22)13-4-2-1-3-5-13/h1-5H,6-12H2,(H2,17,20). The van der Waals surface area contributed by atoms with Crippen LogP contribution >= 0.6 is 11.8 Å². The normalized spacial score (nSPS) is 14.6. The van der Waals surface area contributed by atoms with E-state index in [9.17, 15) is 14.4 Å². The Kier molecular flexibility index (Phi) is 6.46. The highest BCUT2D eigenvalue weighted by atomic mass is 32.2. The molecule has 2 rings (SSSR count). The average molecular weight is 335 g/mol. The first-order valence-electron chi connectivity index (χ1n) is 7.56. The SMILES string of the molecule is NC(=O)CSCCC(=O)N1CCN(C(=O)c2ccccc2)CC1. The van der Waals surface area contributed by atoms with Gasteiger partial charge in [0, 0.05) is 43.9 Å². The van der Waals surface area contributed by atoms with E-state index in [0.717, 1.165) is 0 Å². The monoisotopic (exact) mass is 335 g/mol. The third kappa shape index (κ3) is 5.28. The summed E-state index contributed by atoms with van der Waals surface area (Å²) in [6, 6.07) is 9.17. The van der Waals surface area contributed by atoms with Gasteiger partial charge >= 0.3 is 0 Å². The van der Waals surface area contributed by atoms with Gasteiger partial charge in [0.1, 0.15) is 0 Å². The van der Waals surface area contributed by atoms with Crippen LogP contribution in [0.1, 0.15) is 16.8 Å². The molecule has 0 radical (unpaired) electrons. The summed E-state index contributed by atoms with van der Waals surface area (Å²) in [5, 5.41) is 0. The van der Waals surface area contributed by atoms with Crippen molar-refractivity contribution in [2.24, 2.45) is 5.73 Å². The van der Waals surface area contributed by atoms with Gasteiger partial charge in [-0.25, -0.2) is 0 Å². The average Bonchev–Trinajstić information content (AvgIpc) is 2.58. The maximum Gasteiger partial charge on any atom is 0.253 e. The van der Waals surface area contributed by atoms with E-state index in [0.29, 0.717) is 43.9 Å². The first kappa shape index (κ1) is 17.3. The van der Waals surface area contributed by atoms with Crippen LogP contribution in [-0.4, -0.2) is 65.2 Å². The van der Waals surface area contributed by atoms with Gasteiger partial charge in [0.05, 0.1) is 5.75 Å². The number of primary amides is 1. The first-order chi connectivity index (χ1) is 11.1. The molecule has 1 fully saturated rings. The van der Waals surface area contributed by atoms with Crippen LogP contribution < -0.4 is 5.73 Å². The molecule has 0 spiro atoms. The van der Waals surface area contributed by atoms with Crippen LogP contribution in [0.3, 0.4) is 0 Å². The number of hydrogen-bond acceptors (Lipinski definition) is 4. The molecule has 1 heterocycles. The summed E-state index contributed by atoms with van der Waals surface area (Å²) in [6.45, 7) is 2.21. The number of piperazine rings is 1. The number of carbonyl (C=O) groups excluding carboxylic acids is 3. The molecule has 1 aromatic rings. The molecular weight excluding hydrogens is 314 g/mol. The minimum atomic E-state index is -0.365. The Morgan fingerprint density at radius 3 is 2.22 bits per heavy atom. The lowest BCUT2D eigenvalue weighted by molar-refractivity contribution is -0.132. The van der Waals surface area contributed by atoms with E-state index in [1.165, 1.54) is 11.8 Å². The van der Waals surface area contributed by atoms with Gasteiger partial charge in [-0.3, -0.25) is 14.4 Å². The number of benzene rings is 1. The van der Waals surface area contributed by atoms with Crippen molar-refractivity contribution < 1.29 is 14.4 Å². The number of hydrogen-bond donors (Lipinski definition) is 1. The molecule has 1 saturated heterocycles. The summed E-state index contributed by atoms with van der Waals surface area (Å²) in [5.41, 5.74) is 5.73. The lowest BCUT2D eigenvalue weighted by atomic mass is 10.2. The van der Waals surface area contributed by atoms with Crippen LogP contribution in [0.25, 0.3) is 0 Å². The molecule has 6 nitrogen and oxygen atoms in total. The zero-order valence-electron chi connectivity index (χ0n) is 12.9. The molecule has 1 aromatic carbocycles. The second kappa shape index (κ2) is 8.57. The topological polar surface area (TPSA) is 83.7 Å². The van der Waals surface area contributed by atoms with Crippen LogP contribution in [0.5, 0.6) is 0 Å². The van der Waals surface area contributed by atoms with Crippen LogP contribution in [0.15, 0.2) is 30.3 Å². The van der Waals surface area contributed by atoms with E-state index >= 15 is 0 Å². The lowest BCUT2D eigenvalue weighted by Crippen LogP contribution is -2.50. The van der Waals surface area contributed by atoms with Crippen molar-refractivity contribution in [2.45, 2.75) is 6.42 Å². The fourth-order valence-corrected chi connectivity index (χ4v) is 3.08. The molecule has 3 amide bonds. The minimum Gasteiger partial charge on any atom is -0.369 e. The molecule has 1 aliphatic rings. The van der Waals surface area contributed by atoms with Gasteiger partial charge in [0.2, 0.25) is 11.8 Å².